The number of H-pyrrole nitrogens is 1. The van der Waals surface area contributed by atoms with Crippen molar-refractivity contribution in [2.24, 2.45) is 0 Å². The second-order valence-electron chi connectivity index (χ2n) is 1.56. The van der Waals surface area contributed by atoms with Crippen LogP contribution in [0, 0.1) is 6.92 Å². The van der Waals surface area contributed by atoms with Gasteiger partial charge in [-0.2, -0.15) is 0 Å². The van der Waals surface area contributed by atoms with Gasteiger partial charge in [-0.1, -0.05) is 0 Å². The van der Waals surface area contributed by atoms with E-state index in [1.54, 1.807) is 6.92 Å². The fourth-order valence-corrected chi connectivity index (χ4v) is 0.443. The van der Waals surface area contributed by atoms with Crippen molar-refractivity contribution in [1.29, 1.82) is 0 Å². The zero-order chi connectivity index (χ0) is 6.85. The Hall–Kier alpha value is -1.39. The predicted octanol–water partition coefficient (Wildman–Crippen LogP) is -0.189. The summed E-state index contributed by atoms with van der Waals surface area (Å²) in [6, 6.07) is 0. The number of carbonyl (C=O) groups is 1. The molecule has 0 aliphatic heterocycles. The maximum absolute atomic E-state index is 10.1. The van der Waals surface area contributed by atoms with Crippen molar-refractivity contribution in [3.8, 4) is 0 Å². The highest BCUT2D eigenvalue weighted by Gasteiger charge is 2.05. The molecule has 0 bridgehead atoms. The van der Waals surface area contributed by atoms with Gasteiger partial charge < -0.3 is 10.1 Å². The molecule has 48 valence electrons. The third kappa shape index (κ3) is 1.04. The van der Waals surface area contributed by atoms with E-state index in [9.17, 15) is 4.79 Å². The van der Waals surface area contributed by atoms with Crippen molar-refractivity contribution in [2.45, 2.75) is 6.92 Å². The Morgan fingerprint density at radius 2 is 2.33 bits per heavy atom. The Morgan fingerprint density at radius 1 is 1.67 bits per heavy atom. The average Bonchev–Trinajstić information content (AvgIpc) is 2.14. The van der Waals surface area contributed by atoms with Crippen molar-refractivity contribution in [3.05, 3.63) is 11.6 Å². The Labute approximate surface area is 50.7 Å². The van der Waals surface area contributed by atoms with E-state index in [4.69, 9.17) is 5.11 Å². The number of aromatic nitrogens is 3. The molecule has 5 heteroatoms. The lowest BCUT2D eigenvalue weighted by Gasteiger charge is -1.78. The first-order valence-electron chi connectivity index (χ1n) is 2.32. The number of hydrogen-bond acceptors (Lipinski definition) is 3. The smallest absolute Gasteiger partial charge is 0.373 e. The molecule has 0 aliphatic carbocycles. The number of carboxylic acid groups (broad SMARTS) is 1. The summed E-state index contributed by atoms with van der Waals surface area (Å²) in [5, 5.41) is 15.0. The van der Waals surface area contributed by atoms with Crippen molar-refractivity contribution in [2.75, 3.05) is 0 Å². The summed E-state index contributed by atoms with van der Waals surface area (Å²) >= 11 is 0. The molecule has 1 rings (SSSR count). The van der Waals surface area contributed by atoms with Crippen LogP contribution in [0.4, 0.5) is 0 Å². The fourth-order valence-electron chi connectivity index (χ4n) is 0.443. The van der Waals surface area contributed by atoms with Gasteiger partial charge in [0.1, 0.15) is 5.82 Å². The van der Waals surface area contributed by atoms with Crippen LogP contribution in [0.3, 0.4) is 0 Å². The van der Waals surface area contributed by atoms with Gasteiger partial charge in [-0.3, -0.25) is 0 Å². The van der Waals surface area contributed by atoms with Gasteiger partial charge in [0.05, 0.1) is 0 Å². The van der Waals surface area contributed by atoms with Gasteiger partial charge in [-0.25, -0.2) is 4.79 Å². The highest BCUT2D eigenvalue weighted by molar-refractivity contribution is 5.82. The number of rotatable bonds is 1. The Bertz CT molecular complexity index is 229. The maximum atomic E-state index is 10.1. The first-order chi connectivity index (χ1) is 4.20. The number of nitrogens with one attached hydrogen (secondary N) is 1. The molecule has 0 saturated carbocycles. The standard InChI is InChI=1S/C4H5N3O2/c1-2-5-3(4(8)9)7-6-2/h1H3,(H,8,9)(H,5,6,7). The van der Waals surface area contributed by atoms with Crippen LogP contribution < -0.4 is 0 Å². The van der Waals surface area contributed by atoms with Gasteiger partial charge in [0.2, 0.25) is 5.82 Å². The summed E-state index contributed by atoms with van der Waals surface area (Å²) in [6.45, 7) is 1.64. The monoisotopic (exact) mass is 127 g/mol. The van der Waals surface area contributed by atoms with E-state index in [2.05, 4.69) is 15.2 Å². The zero-order valence-corrected chi connectivity index (χ0v) is 4.75. The molecule has 0 aliphatic rings. The Morgan fingerprint density at radius 3 is 2.56 bits per heavy atom. The molecule has 0 amide bonds. The molecule has 0 fully saturated rings. The number of hydrogen-bond donors (Lipinski definition) is 2. The number of aryl methyl sites for hydroxylation is 1. The number of nitrogens with zero attached hydrogens (tertiary/aromatic N) is 2. The lowest BCUT2D eigenvalue weighted by molar-refractivity contribution is 0.0684. The molecule has 0 radical (unpaired) electrons. The zero-order valence-electron chi connectivity index (χ0n) is 4.75. The van der Waals surface area contributed by atoms with Crippen molar-refractivity contribution in [3.63, 3.8) is 0 Å². The SMILES string of the molecule is Cc1nnc(C(=O)O)[nH]1. The van der Waals surface area contributed by atoms with E-state index in [-0.39, 0.29) is 5.82 Å². The second-order valence-corrected chi connectivity index (χ2v) is 1.56. The van der Waals surface area contributed by atoms with Gasteiger partial charge in [0.15, 0.2) is 0 Å². The van der Waals surface area contributed by atoms with E-state index < -0.39 is 5.97 Å². The predicted molar refractivity (Wildman–Crippen MR) is 28.1 cm³/mol. The maximum Gasteiger partial charge on any atom is 0.373 e. The first-order valence-corrected chi connectivity index (χ1v) is 2.32. The molecule has 0 unspecified atom stereocenters. The molecule has 1 aromatic heterocycles. The van der Waals surface area contributed by atoms with Gasteiger partial charge in [0, 0.05) is 0 Å². The van der Waals surface area contributed by atoms with Crippen molar-refractivity contribution >= 4 is 5.97 Å². The molecule has 1 aromatic rings. The highest BCUT2D eigenvalue weighted by Crippen LogP contribution is 1.88. The van der Waals surface area contributed by atoms with Crippen LogP contribution >= 0.6 is 0 Å². The van der Waals surface area contributed by atoms with Crippen LogP contribution in [0.1, 0.15) is 16.4 Å². The molecular weight excluding hydrogens is 122 g/mol. The topological polar surface area (TPSA) is 78.9 Å². The van der Waals surface area contributed by atoms with Crippen molar-refractivity contribution < 1.29 is 9.90 Å². The van der Waals surface area contributed by atoms with E-state index >= 15 is 0 Å². The van der Waals surface area contributed by atoms with Crippen LogP contribution in [0.2, 0.25) is 0 Å². The summed E-state index contributed by atoms with van der Waals surface area (Å²) in [5.74, 6) is -0.699. The average molecular weight is 127 g/mol. The van der Waals surface area contributed by atoms with Crippen LogP contribution in [0.5, 0.6) is 0 Å². The van der Waals surface area contributed by atoms with Crippen LogP contribution in [0.15, 0.2) is 0 Å². The highest BCUT2D eigenvalue weighted by atomic mass is 16.4. The van der Waals surface area contributed by atoms with Crippen LogP contribution in [0.25, 0.3) is 0 Å². The summed E-state index contributed by atoms with van der Waals surface area (Å²) < 4.78 is 0. The Kier molecular flexibility index (Phi) is 1.18. The summed E-state index contributed by atoms with van der Waals surface area (Å²) in [6.07, 6.45) is 0. The minimum atomic E-state index is -1.09. The summed E-state index contributed by atoms with van der Waals surface area (Å²) in [5.41, 5.74) is 0. The quantitative estimate of drug-likeness (QED) is 0.548. The molecular formula is C4H5N3O2. The number of aromatic amines is 1. The lowest BCUT2D eigenvalue weighted by atomic mass is 10.6. The summed E-state index contributed by atoms with van der Waals surface area (Å²) in [4.78, 5) is 12.5. The van der Waals surface area contributed by atoms with Crippen LogP contribution in [-0.2, 0) is 0 Å². The largest absolute Gasteiger partial charge is 0.475 e. The molecule has 1 heterocycles. The van der Waals surface area contributed by atoms with E-state index in [1.807, 2.05) is 0 Å². The minimum Gasteiger partial charge on any atom is -0.475 e. The van der Waals surface area contributed by atoms with Crippen molar-refractivity contribution in [1.82, 2.24) is 15.2 Å². The molecule has 0 spiro atoms. The molecule has 0 saturated heterocycles. The first kappa shape index (κ1) is 5.74. The molecule has 0 atom stereocenters. The van der Waals surface area contributed by atoms with E-state index in [0.29, 0.717) is 5.82 Å². The minimum absolute atomic E-state index is 0.118. The third-order valence-corrected chi connectivity index (χ3v) is 0.802. The molecule has 2 N–H and O–H groups in total. The normalized spacial score (nSPS) is 9.44. The van der Waals surface area contributed by atoms with Gasteiger partial charge in [-0.15, -0.1) is 10.2 Å². The molecule has 0 aromatic carbocycles. The van der Waals surface area contributed by atoms with E-state index in [1.165, 1.54) is 0 Å². The van der Waals surface area contributed by atoms with Gasteiger partial charge in [-0.05, 0) is 6.92 Å². The number of aromatic carboxylic acids is 1. The van der Waals surface area contributed by atoms with Gasteiger partial charge >= 0.3 is 5.97 Å². The summed E-state index contributed by atoms with van der Waals surface area (Å²) in [7, 11) is 0. The lowest BCUT2D eigenvalue weighted by Crippen LogP contribution is -1.98. The second kappa shape index (κ2) is 1.85. The third-order valence-electron chi connectivity index (χ3n) is 0.802. The molecule has 5 nitrogen and oxygen atoms in total. The van der Waals surface area contributed by atoms with E-state index in [0.717, 1.165) is 0 Å². The van der Waals surface area contributed by atoms with Gasteiger partial charge in [0.25, 0.3) is 0 Å². The number of carboxylic acids is 1. The fraction of sp³-hybridized carbons (Fsp3) is 0.250. The Balaban J connectivity index is 2.98. The molecule has 9 heavy (non-hydrogen) atoms. The van der Waals surface area contributed by atoms with Crippen LogP contribution in [-0.4, -0.2) is 26.3 Å².